The van der Waals surface area contributed by atoms with Crippen molar-refractivity contribution >= 4 is 63.7 Å². The average Bonchev–Trinajstić information content (AvgIpc) is 3.04. The highest BCUT2D eigenvalue weighted by atomic mass is 79.9. The molecule has 1 atom stereocenters. The van der Waals surface area contributed by atoms with Gasteiger partial charge in [-0.25, -0.2) is 8.42 Å². The number of aliphatic hydroxyl groups is 1. The summed E-state index contributed by atoms with van der Waals surface area (Å²) in [5, 5.41) is 13.1. The SMILES string of the molecule is CCN(C[C@@H](O)Cn1c2ccc(Br)cc2c2cc(Br)ccc21)S(=O)(=O)c1ccc(C)cc1. The van der Waals surface area contributed by atoms with Crippen molar-refractivity contribution in [1.29, 1.82) is 0 Å². The molecule has 0 bridgehead atoms. The first kappa shape index (κ1) is 23.4. The van der Waals surface area contributed by atoms with Gasteiger partial charge in [-0.15, -0.1) is 0 Å². The zero-order chi connectivity index (χ0) is 23.0. The summed E-state index contributed by atoms with van der Waals surface area (Å²) in [5.74, 6) is 0. The second kappa shape index (κ2) is 9.27. The number of hydrogen-bond donors (Lipinski definition) is 1. The Hall–Kier alpha value is -1.71. The van der Waals surface area contributed by atoms with Crippen LogP contribution in [0.5, 0.6) is 0 Å². The first-order valence-electron chi connectivity index (χ1n) is 10.3. The minimum atomic E-state index is -3.69. The van der Waals surface area contributed by atoms with Gasteiger partial charge in [0.2, 0.25) is 10.0 Å². The van der Waals surface area contributed by atoms with E-state index >= 15 is 0 Å². The smallest absolute Gasteiger partial charge is 0.243 e. The molecule has 0 aliphatic rings. The third kappa shape index (κ3) is 4.52. The highest BCUT2D eigenvalue weighted by Crippen LogP contribution is 2.33. The number of aliphatic hydroxyl groups excluding tert-OH is 1. The van der Waals surface area contributed by atoms with E-state index < -0.39 is 16.1 Å². The van der Waals surface area contributed by atoms with Crippen molar-refractivity contribution in [2.75, 3.05) is 13.1 Å². The number of aromatic nitrogens is 1. The second-order valence-electron chi connectivity index (χ2n) is 7.86. The van der Waals surface area contributed by atoms with E-state index in [1.165, 1.54) is 4.31 Å². The third-order valence-electron chi connectivity index (χ3n) is 5.61. The summed E-state index contributed by atoms with van der Waals surface area (Å²) >= 11 is 7.09. The van der Waals surface area contributed by atoms with Gasteiger partial charge in [-0.3, -0.25) is 0 Å². The quantitative estimate of drug-likeness (QED) is 0.305. The molecule has 0 fully saturated rings. The van der Waals surface area contributed by atoms with Crippen LogP contribution in [0, 0.1) is 6.92 Å². The summed E-state index contributed by atoms with van der Waals surface area (Å²) in [4.78, 5) is 0.240. The van der Waals surface area contributed by atoms with Gasteiger partial charge in [-0.05, 0) is 55.5 Å². The van der Waals surface area contributed by atoms with Crippen LogP contribution in [0.1, 0.15) is 12.5 Å². The van der Waals surface area contributed by atoms with Gasteiger partial charge in [0.05, 0.1) is 17.5 Å². The number of likely N-dealkylation sites (N-methyl/N-ethyl adjacent to an activating group) is 1. The van der Waals surface area contributed by atoms with Gasteiger partial charge in [0.1, 0.15) is 0 Å². The van der Waals surface area contributed by atoms with Crippen molar-refractivity contribution in [3.63, 3.8) is 0 Å². The van der Waals surface area contributed by atoms with E-state index in [1.54, 1.807) is 31.2 Å². The normalized spacial score (nSPS) is 13.3. The minimum absolute atomic E-state index is 0.0148. The fourth-order valence-corrected chi connectivity index (χ4v) is 6.21. The summed E-state index contributed by atoms with van der Waals surface area (Å²) in [6.07, 6.45) is -0.874. The monoisotopic (exact) mass is 578 g/mol. The van der Waals surface area contributed by atoms with Gasteiger partial charge < -0.3 is 9.67 Å². The topological polar surface area (TPSA) is 62.5 Å². The highest BCUT2D eigenvalue weighted by molar-refractivity contribution is 9.10. The minimum Gasteiger partial charge on any atom is -0.390 e. The lowest BCUT2D eigenvalue weighted by molar-refractivity contribution is 0.131. The summed E-state index contributed by atoms with van der Waals surface area (Å²) in [7, 11) is -3.69. The molecule has 1 aromatic heterocycles. The van der Waals surface area contributed by atoms with Crippen molar-refractivity contribution < 1.29 is 13.5 Å². The maximum Gasteiger partial charge on any atom is 0.243 e. The molecule has 1 heterocycles. The molecule has 0 unspecified atom stereocenters. The summed E-state index contributed by atoms with van der Waals surface area (Å²) in [6.45, 7) is 4.28. The summed E-state index contributed by atoms with van der Waals surface area (Å²) in [6, 6.07) is 18.9. The Bertz CT molecular complexity index is 1320. The molecule has 5 nitrogen and oxygen atoms in total. The highest BCUT2D eigenvalue weighted by Gasteiger charge is 2.26. The lowest BCUT2D eigenvalue weighted by Crippen LogP contribution is -2.38. The fourth-order valence-electron chi connectivity index (χ4n) is 4.01. The van der Waals surface area contributed by atoms with E-state index in [-0.39, 0.29) is 24.5 Å². The van der Waals surface area contributed by atoms with E-state index in [0.29, 0.717) is 0 Å². The van der Waals surface area contributed by atoms with Gasteiger partial charge in [0.25, 0.3) is 0 Å². The number of benzene rings is 3. The summed E-state index contributed by atoms with van der Waals surface area (Å²) in [5.41, 5.74) is 2.98. The largest absolute Gasteiger partial charge is 0.390 e. The number of hydrogen-bond acceptors (Lipinski definition) is 3. The lowest BCUT2D eigenvalue weighted by Gasteiger charge is -2.24. The van der Waals surface area contributed by atoms with E-state index in [0.717, 1.165) is 36.3 Å². The van der Waals surface area contributed by atoms with Crippen molar-refractivity contribution in [3.8, 4) is 0 Å². The lowest BCUT2D eigenvalue weighted by atomic mass is 10.2. The second-order valence-corrected chi connectivity index (χ2v) is 11.6. The van der Waals surface area contributed by atoms with Crippen LogP contribution in [0.2, 0.25) is 0 Å². The van der Waals surface area contributed by atoms with Crippen LogP contribution in [0.4, 0.5) is 0 Å². The zero-order valence-corrected chi connectivity index (χ0v) is 21.8. The molecule has 0 aliphatic heterocycles. The van der Waals surface area contributed by atoms with Crippen LogP contribution in [-0.4, -0.2) is 41.6 Å². The molecule has 0 amide bonds. The van der Waals surface area contributed by atoms with E-state index in [4.69, 9.17) is 0 Å². The molecule has 4 aromatic rings. The molecular formula is C24H24Br2N2O3S. The van der Waals surface area contributed by atoms with E-state index in [2.05, 4.69) is 48.6 Å². The van der Waals surface area contributed by atoms with Crippen LogP contribution >= 0.6 is 31.9 Å². The van der Waals surface area contributed by atoms with Crippen LogP contribution in [-0.2, 0) is 16.6 Å². The number of aryl methyl sites for hydroxylation is 1. The predicted molar refractivity (Wildman–Crippen MR) is 136 cm³/mol. The van der Waals surface area contributed by atoms with E-state index in [1.807, 2.05) is 31.2 Å². The molecular weight excluding hydrogens is 556 g/mol. The van der Waals surface area contributed by atoms with Crippen LogP contribution in [0.15, 0.2) is 74.5 Å². The first-order valence-corrected chi connectivity index (χ1v) is 13.3. The predicted octanol–water partition coefficient (Wildman–Crippen LogP) is 5.70. The fraction of sp³-hybridized carbons (Fsp3) is 0.250. The van der Waals surface area contributed by atoms with Crippen LogP contribution < -0.4 is 0 Å². The van der Waals surface area contributed by atoms with E-state index in [9.17, 15) is 13.5 Å². The Kier molecular flexibility index (Phi) is 6.79. The molecule has 0 spiro atoms. The molecule has 1 N–H and O–H groups in total. The molecule has 3 aromatic carbocycles. The standard InChI is InChI=1S/C24H24Br2N2O3S/c1-3-27(32(30,31)20-8-4-16(2)5-9-20)14-19(29)15-28-23-10-6-17(25)12-21(23)22-13-18(26)7-11-24(22)28/h4-13,19,29H,3,14-15H2,1-2H3/t19-/m1/s1. The average molecular weight is 580 g/mol. The molecule has 0 saturated heterocycles. The Morgan fingerprint density at radius 1 is 0.938 bits per heavy atom. The molecule has 168 valence electrons. The van der Waals surface area contributed by atoms with Gasteiger partial charge in [0.15, 0.2) is 0 Å². The molecule has 0 aliphatic carbocycles. The van der Waals surface area contributed by atoms with Crippen LogP contribution in [0.25, 0.3) is 21.8 Å². The summed E-state index contributed by atoms with van der Waals surface area (Å²) < 4.78 is 31.6. The maximum atomic E-state index is 13.1. The zero-order valence-electron chi connectivity index (χ0n) is 17.8. The van der Waals surface area contributed by atoms with Crippen LogP contribution in [0.3, 0.4) is 0 Å². The molecule has 4 rings (SSSR count). The number of halogens is 2. The Morgan fingerprint density at radius 3 is 1.97 bits per heavy atom. The molecule has 0 radical (unpaired) electrons. The Morgan fingerprint density at radius 2 is 1.47 bits per heavy atom. The van der Waals surface area contributed by atoms with Gasteiger partial charge >= 0.3 is 0 Å². The first-order chi connectivity index (χ1) is 15.2. The molecule has 8 heteroatoms. The number of fused-ring (bicyclic) bond motifs is 3. The number of nitrogens with zero attached hydrogens (tertiary/aromatic N) is 2. The Labute approximate surface area is 205 Å². The third-order valence-corrected chi connectivity index (χ3v) is 8.55. The van der Waals surface area contributed by atoms with Gasteiger partial charge in [0, 0.05) is 43.8 Å². The Balaban J connectivity index is 1.66. The van der Waals surface area contributed by atoms with Gasteiger partial charge in [-0.1, -0.05) is 56.5 Å². The maximum absolute atomic E-state index is 13.1. The van der Waals surface area contributed by atoms with Crippen molar-refractivity contribution in [2.45, 2.75) is 31.4 Å². The van der Waals surface area contributed by atoms with Crippen molar-refractivity contribution in [2.24, 2.45) is 0 Å². The van der Waals surface area contributed by atoms with Crippen molar-refractivity contribution in [1.82, 2.24) is 8.87 Å². The number of rotatable bonds is 7. The number of sulfonamides is 1. The molecule has 0 saturated carbocycles. The molecule has 32 heavy (non-hydrogen) atoms. The van der Waals surface area contributed by atoms with Crippen molar-refractivity contribution in [3.05, 3.63) is 75.2 Å². The van der Waals surface area contributed by atoms with Gasteiger partial charge in [-0.2, -0.15) is 4.31 Å².